The van der Waals surface area contributed by atoms with Crippen molar-refractivity contribution in [1.82, 2.24) is 20.2 Å². The molecule has 2 N–H and O–H groups in total. The van der Waals surface area contributed by atoms with Crippen LogP contribution in [0.25, 0.3) is 0 Å². The highest BCUT2D eigenvalue weighted by Gasteiger charge is 2.14. The lowest BCUT2D eigenvalue weighted by atomic mass is 10.1. The number of carbonyl (C=O) groups is 1. The Bertz CT molecular complexity index is 310. The summed E-state index contributed by atoms with van der Waals surface area (Å²) in [6.45, 7) is 5.35. The highest BCUT2D eigenvalue weighted by molar-refractivity contribution is 5.78. The molecule has 1 aromatic heterocycles. The summed E-state index contributed by atoms with van der Waals surface area (Å²) in [6.07, 6.45) is 5.37. The number of rotatable bonds is 6. The summed E-state index contributed by atoms with van der Waals surface area (Å²) in [5, 5.41) is 5.97. The van der Waals surface area contributed by atoms with E-state index in [1.54, 1.807) is 12.5 Å². The van der Waals surface area contributed by atoms with Crippen LogP contribution in [-0.2, 0) is 11.3 Å². The van der Waals surface area contributed by atoms with Crippen molar-refractivity contribution in [2.45, 2.75) is 26.4 Å². The van der Waals surface area contributed by atoms with Crippen molar-refractivity contribution in [3.8, 4) is 0 Å². The van der Waals surface area contributed by atoms with Crippen LogP contribution in [0.15, 0.2) is 18.7 Å². The van der Waals surface area contributed by atoms with Gasteiger partial charge in [0.05, 0.1) is 6.33 Å². The summed E-state index contributed by atoms with van der Waals surface area (Å²) >= 11 is 0. The van der Waals surface area contributed by atoms with Gasteiger partial charge in [-0.2, -0.15) is 0 Å². The van der Waals surface area contributed by atoms with Crippen LogP contribution in [0, 0.1) is 5.92 Å². The SMILES string of the molecule is CNCC(C)C(=O)NC(C)Cn1ccnc1. The zero-order valence-electron chi connectivity index (χ0n) is 10.1. The molecule has 1 amide bonds. The summed E-state index contributed by atoms with van der Waals surface area (Å²) in [4.78, 5) is 15.7. The minimum Gasteiger partial charge on any atom is -0.352 e. The van der Waals surface area contributed by atoms with Crippen LogP contribution in [0.1, 0.15) is 13.8 Å². The number of carbonyl (C=O) groups excluding carboxylic acids is 1. The highest BCUT2D eigenvalue weighted by atomic mass is 16.1. The molecule has 0 fully saturated rings. The maximum absolute atomic E-state index is 11.7. The summed E-state index contributed by atoms with van der Waals surface area (Å²) in [6, 6.07) is 0.112. The van der Waals surface area contributed by atoms with E-state index in [1.165, 1.54) is 0 Å². The van der Waals surface area contributed by atoms with Gasteiger partial charge in [-0.15, -0.1) is 0 Å². The fraction of sp³-hybridized carbons (Fsp3) is 0.636. The van der Waals surface area contributed by atoms with Crippen molar-refractivity contribution in [3.05, 3.63) is 18.7 Å². The predicted octanol–water partition coefficient (Wildman–Crippen LogP) is 0.243. The van der Waals surface area contributed by atoms with Gasteiger partial charge in [0.1, 0.15) is 0 Å². The molecular formula is C11H20N4O. The second-order valence-corrected chi connectivity index (χ2v) is 4.13. The highest BCUT2D eigenvalue weighted by Crippen LogP contribution is 1.96. The number of nitrogens with zero attached hydrogens (tertiary/aromatic N) is 2. The van der Waals surface area contributed by atoms with E-state index in [0.29, 0.717) is 6.54 Å². The third kappa shape index (κ3) is 4.02. The smallest absolute Gasteiger partial charge is 0.224 e. The predicted molar refractivity (Wildman–Crippen MR) is 62.9 cm³/mol. The molecule has 0 spiro atoms. The number of nitrogens with one attached hydrogen (secondary N) is 2. The molecule has 1 rings (SSSR count). The Labute approximate surface area is 96.3 Å². The van der Waals surface area contributed by atoms with Gasteiger partial charge in [0.2, 0.25) is 5.91 Å². The Morgan fingerprint density at radius 1 is 1.50 bits per heavy atom. The van der Waals surface area contributed by atoms with Crippen molar-refractivity contribution < 1.29 is 4.79 Å². The lowest BCUT2D eigenvalue weighted by Gasteiger charge is -2.17. The van der Waals surface area contributed by atoms with Crippen LogP contribution in [0.5, 0.6) is 0 Å². The fourth-order valence-electron chi connectivity index (χ4n) is 1.54. The Morgan fingerprint density at radius 3 is 2.81 bits per heavy atom. The molecule has 0 radical (unpaired) electrons. The Kier molecular flexibility index (Phi) is 4.98. The number of hydrogen-bond acceptors (Lipinski definition) is 3. The average Bonchev–Trinajstić information content (AvgIpc) is 2.70. The maximum atomic E-state index is 11.7. The molecule has 5 nitrogen and oxygen atoms in total. The molecule has 0 aliphatic rings. The first-order valence-electron chi connectivity index (χ1n) is 5.54. The number of amides is 1. The number of hydrogen-bond donors (Lipinski definition) is 2. The van der Waals surface area contributed by atoms with E-state index in [1.807, 2.05) is 31.7 Å². The monoisotopic (exact) mass is 224 g/mol. The van der Waals surface area contributed by atoms with E-state index < -0.39 is 0 Å². The Balaban J connectivity index is 2.33. The normalized spacial score (nSPS) is 14.4. The van der Waals surface area contributed by atoms with Gasteiger partial charge in [-0.3, -0.25) is 4.79 Å². The molecule has 0 aliphatic heterocycles. The molecule has 1 aromatic rings. The van der Waals surface area contributed by atoms with Gasteiger partial charge in [-0.05, 0) is 14.0 Å². The minimum absolute atomic E-state index is 0.00441. The number of aromatic nitrogens is 2. The van der Waals surface area contributed by atoms with E-state index in [2.05, 4.69) is 15.6 Å². The molecular weight excluding hydrogens is 204 g/mol. The largest absolute Gasteiger partial charge is 0.352 e. The molecule has 0 saturated carbocycles. The summed E-state index contributed by atoms with van der Waals surface area (Å²) in [7, 11) is 1.85. The lowest BCUT2D eigenvalue weighted by molar-refractivity contribution is -0.125. The minimum atomic E-state index is -0.00441. The van der Waals surface area contributed by atoms with Crippen molar-refractivity contribution in [1.29, 1.82) is 0 Å². The van der Waals surface area contributed by atoms with Gasteiger partial charge in [0.25, 0.3) is 0 Å². The second-order valence-electron chi connectivity index (χ2n) is 4.13. The van der Waals surface area contributed by atoms with Crippen molar-refractivity contribution in [3.63, 3.8) is 0 Å². The van der Waals surface area contributed by atoms with Gasteiger partial charge in [0, 0.05) is 37.4 Å². The quantitative estimate of drug-likeness (QED) is 0.728. The van der Waals surface area contributed by atoms with Gasteiger partial charge >= 0.3 is 0 Å². The Morgan fingerprint density at radius 2 is 2.25 bits per heavy atom. The van der Waals surface area contributed by atoms with E-state index in [-0.39, 0.29) is 17.9 Å². The van der Waals surface area contributed by atoms with Crippen LogP contribution in [0.4, 0.5) is 0 Å². The molecule has 0 aliphatic carbocycles. The first-order chi connectivity index (χ1) is 7.63. The Hall–Kier alpha value is -1.36. The van der Waals surface area contributed by atoms with Crippen LogP contribution in [0.2, 0.25) is 0 Å². The average molecular weight is 224 g/mol. The number of imidazole rings is 1. The third-order valence-electron chi connectivity index (χ3n) is 2.39. The lowest BCUT2D eigenvalue weighted by Crippen LogP contribution is -2.41. The van der Waals surface area contributed by atoms with Crippen molar-refractivity contribution in [2.24, 2.45) is 5.92 Å². The van der Waals surface area contributed by atoms with Crippen LogP contribution in [0.3, 0.4) is 0 Å². The summed E-state index contributed by atoms with van der Waals surface area (Å²) in [5.74, 6) is 0.0807. The first-order valence-corrected chi connectivity index (χ1v) is 5.54. The van der Waals surface area contributed by atoms with E-state index in [9.17, 15) is 4.79 Å². The molecule has 90 valence electrons. The zero-order valence-corrected chi connectivity index (χ0v) is 10.1. The van der Waals surface area contributed by atoms with Crippen molar-refractivity contribution in [2.75, 3.05) is 13.6 Å². The molecule has 0 aromatic carbocycles. The van der Waals surface area contributed by atoms with Gasteiger partial charge < -0.3 is 15.2 Å². The summed E-state index contributed by atoms with van der Waals surface area (Å²) in [5.41, 5.74) is 0. The molecule has 2 unspecified atom stereocenters. The second kappa shape index (κ2) is 6.27. The maximum Gasteiger partial charge on any atom is 0.224 e. The van der Waals surface area contributed by atoms with Gasteiger partial charge in [-0.25, -0.2) is 4.98 Å². The summed E-state index contributed by atoms with van der Waals surface area (Å²) < 4.78 is 1.95. The molecule has 16 heavy (non-hydrogen) atoms. The molecule has 1 heterocycles. The van der Waals surface area contributed by atoms with Gasteiger partial charge in [-0.1, -0.05) is 6.92 Å². The zero-order chi connectivity index (χ0) is 12.0. The van der Waals surface area contributed by atoms with Crippen LogP contribution >= 0.6 is 0 Å². The van der Waals surface area contributed by atoms with Crippen molar-refractivity contribution >= 4 is 5.91 Å². The molecule has 0 saturated heterocycles. The first kappa shape index (κ1) is 12.7. The van der Waals surface area contributed by atoms with E-state index in [4.69, 9.17) is 0 Å². The molecule has 2 atom stereocenters. The van der Waals surface area contributed by atoms with E-state index in [0.717, 1.165) is 6.54 Å². The van der Waals surface area contributed by atoms with E-state index >= 15 is 0 Å². The van der Waals surface area contributed by atoms with Crippen LogP contribution < -0.4 is 10.6 Å². The van der Waals surface area contributed by atoms with Gasteiger partial charge in [0.15, 0.2) is 0 Å². The third-order valence-corrected chi connectivity index (χ3v) is 2.39. The topological polar surface area (TPSA) is 59.0 Å². The molecule has 5 heteroatoms. The fourth-order valence-corrected chi connectivity index (χ4v) is 1.54. The van der Waals surface area contributed by atoms with Crippen LogP contribution in [-0.4, -0.2) is 35.1 Å². The molecule has 0 bridgehead atoms. The standard InChI is InChI=1S/C11H20N4O/c1-9(6-12-3)11(16)14-10(2)7-15-5-4-13-8-15/h4-5,8-10,12H,6-7H2,1-3H3,(H,14,16).